The van der Waals surface area contributed by atoms with E-state index in [1.165, 1.54) is 18.3 Å². The number of nitrogens with zero attached hydrogens (tertiary/aromatic N) is 3. The number of nitro benzene ring substituents is 1. The van der Waals surface area contributed by atoms with Gasteiger partial charge in [-0.1, -0.05) is 42.0 Å². The Morgan fingerprint density at radius 2 is 2.00 bits per heavy atom. The SMILES string of the molecule is Cc1ccc(-c2cc(C(=O)N/N=C/c3cccc([N+](=O)[O-])c3)[nH]n2)cc1. The van der Waals surface area contributed by atoms with Crippen LogP contribution in [-0.2, 0) is 0 Å². The Morgan fingerprint density at radius 3 is 2.73 bits per heavy atom. The molecule has 0 aliphatic heterocycles. The molecule has 0 aliphatic carbocycles. The Labute approximate surface area is 148 Å². The van der Waals surface area contributed by atoms with Gasteiger partial charge in [0.15, 0.2) is 0 Å². The van der Waals surface area contributed by atoms with Gasteiger partial charge in [0, 0.05) is 23.3 Å². The van der Waals surface area contributed by atoms with E-state index >= 15 is 0 Å². The summed E-state index contributed by atoms with van der Waals surface area (Å²) in [6.45, 7) is 1.99. The fourth-order valence-electron chi connectivity index (χ4n) is 2.25. The molecule has 0 spiro atoms. The van der Waals surface area contributed by atoms with E-state index in [2.05, 4.69) is 20.7 Å². The first-order valence-electron chi connectivity index (χ1n) is 7.73. The normalized spacial score (nSPS) is 10.8. The van der Waals surface area contributed by atoms with Crippen molar-refractivity contribution >= 4 is 17.8 Å². The summed E-state index contributed by atoms with van der Waals surface area (Å²) in [5.41, 5.74) is 5.76. The molecule has 26 heavy (non-hydrogen) atoms. The van der Waals surface area contributed by atoms with E-state index in [0.29, 0.717) is 11.3 Å². The van der Waals surface area contributed by atoms with Crippen LogP contribution >= 0.6 is 0 Å². The van der Waals surface area contributed by atoms with Crippen LogP contribution in [-0.4, -0.2) is 27.2 Å². The van der Waals surface area contributed by atoms with Crippen molar-refractivity contribution in [2.75, 3.05) is 0 Å². The lowest BCUT2D eigenvalue weighted by atomic mass is 10.1. The number of hydrogen-bond donors (Lipinski definition) is 2. The summed E-state index contributed by atoms with van der Waals surface area (Å²) in [7, 11) is 0. The summed E-state index contributed by atoms with van der Waals surface area (Å²) in [6, 6.07) is 15.3. The number of nitrogens with one attached hydrogen (secondary N) is 2. The molecule has 2 aromatic carbocycles. The quantitative estimate of drug-likeness (QED) is 0.418. The van der Waals surface area contributed by atoms with E-state index in [1.807, 2.05) is 31.2 Å². The molecule has 8 nitrogen and oxygen atoms in total. The molecule has 8 heteroatoms. The third-order valence-electron chi connectivity index (χ3n) is 3.63. The summed E-state index contributed by atoms with van der Waals surface area (Å²) in [5, 5.41) is 21.3. The molecule has 0 radical (unpaired) electrons. The van der Waals surface area contributed by atoms with E-state index < -0.39 is 10.8 Å². The van der Waals surface area contributed by atoms with E-state index in [4.69, 9.17) is 0 Å². The molecule has 3 aromatic rings. The van der Waals surface area contributed by atoms with Gasteiger partial charge in [-0.2, -0.15) is 10.2 Å². The van der Waals surface area contributed by atoms with Gasteiger partial charge in [0.2, 0.25) is 0 Å². The molecular weight excluding hydrogens is 334 g/mol. The van der Waals surface area contributed by atoms with Gasteiger partial charge in [-0.05, 0) is 13.0 Å². The number of carbonyl (C=O) groups is 1. The highest BCUT2D eigenvalue weighted by molar-refractivity contribution is 5.94. The van der Waals surface area contributed by atoms with Crippen molar-refractivity contribution in [1.82, 2.24) is 15.6 Å². The third-order valence-corrected chi connectivity index (χ3v) is 3.63. The Kier molecular flexibility index (Phi) is 4.84. The number of amides is 1. The van der Waals surface area contributed by atoms with Gasteiger partial charge in [0.25, 0.3) is 11.6 Å². The number of aromatic amines is 1. The molecule has 1 amide bonds. The predicted molar refractivity (Wildman–Crippen MR) is 96.9 cm³/mol. The van der Waals surface area contributed by atoms with Crippen LogP contribution in [0.1, 0.15) is 21.6 Å². The number of hydrazone groups is 1. The second-order valence-electron chi connectivity index (χ2n) is 5.58. The highest BCUT2D eigenvalue weighted by Gasteiger charge is 2.10. The van der Waals surface area contributed by atoms with Crippen LogP contribution in [0, 0.1) is 17.0 Å². The zero-order valence-corrected chi connectivity index (χ0v) is 13.8. The Balaban J connectivity index is 1.66. The van der Waals surface area contributed by atoms with Gasteiger partial charge in [-0.25, -0.2) is 5.43 Å². The molecule has 0 saturated heterocycles. The molecular formula is C18H15N5O3. The second-order valence-corrected chi connectivity index (χ2v) is 5.58. The van der Waals surface area contributed by atoms with Crippen molar-refractivity contribution < 1.29 is 9.72 Å². The van der Waals surface area contributed by atoms with Crippen LogP contribution in [0.2, 0.25) is 0 Å². The zero-order valence-electron chi connectivity index (χ0n) is 13.8. The summed E-state index contributed by atoms with van der Waals surface area (Å²) in [6.07, 6.45) is 1.34. The summed E-state index contributed by atoms with van der Waals surface area (Å²) < 4.78 is 0. The minimum atomic E-state index is -0.493. The molecule has 0 aliphatic rings. The fraction of sp³-hybridized carbons (Fsp3) is 0.0556. The summed E-state index contributed by atoms with van der Waals surface area (Å²) in [4.78, 5) is 22.3. The second kappa shape index (κ2) is 7.39. The number of aryl methyl sites for hydroxylation is 1. The largest absolute Gasteiger partial charge is 0.289 e. The fourth-order valence-corrected chi connectivity index (χ4v) is 2.25. The molecule has 2 N–H and O–H groups in total. The maximum Gasteiger partial charge on any atom is 0.289 e. The molecule has 0 fully saturated rings. The van der Waals surface area contributed by atoms with Gasteiger partial charge >= 0.3 is 0 Å². The van der Waals surface area contributed by atoms with E-state index in [0.717, 1.165) is 11.1 Å². The highest BCUT2D eigenvalue weighted by atomic mass is 16.6. The lowest BCUT2D eigenvalue weighted by Gasteiger charge is -1.97. The lowest BCUT2D eigenvalue weighted by Crippen LogP contribution is -2.18. The minimum Gasteiger partial charge on any atom is -0.272 e. The molecule has 130 valence electrons. The van der Waals surface area contributed by atoms with Gasteiger partial charge in [-0.3, -0.25) is 20.0 Å². The molecule has 0 saturated carbocycles. The summed E-state index contributed by atoms with van der Waals surface area (Å²) >= 11 is 0. The van der Waals surface area contributed by atoms with Crippen LogP contribution in [0.15, 0.2) is 59.7 Å². The average molecular weight is 349 g/mol. The first-order chi connectivity index (χ1) is 12.5. The molecule has 0 unspecified atom stereocenters. The van der Waals surface area contributed by atoms with E-state index in [9.17, 15) is 14.9 Å². The van der Waals surface area contributed by atoms with Crippen LogP contribution in [0.25, 0.3) is 11.3 Å². The molecule has 1 heterocycles. The van der Waals surface area contributed by atoms with Crippen LogP contribution in [0.5, 0.6) is 0 Å². The van der Waals surface area contributed by atoms with Crippen molar-refractivity contribution in [3.8, 4) is 11.3 Å². The summed E-state index contributed by atoms with van der Waals surface area (Å²) in [5.74, 6) is -0.461. The number of aromatic nitrogens is 2. The minimum absolute atomic E-state index is 0.0448. The van der Waals surface area contributed by atoms with Crippen LogP contribution in [0.3, 0.4) is 0 Å². The molecule has 3 rings (SSSR count). The molecule has 0 bridgehead atoms. The number of carbonyl (C=O) groups excluding carboxylic acids is 1. The van der Waals surface area contributed by atoms with Gasteiger partial charge in [0.05, 0.1) is 16.8 Å². The van der Waals surface area contributed by atoms with Crippen LogP contribution < -0.4 is 5.43 Å². The number of H-pyrrole nitrogens is 1. The average Bonchev–Trinajstić information content (AvgIpc) is 3.13. The van der Waals surface area contributed by atoms with E-state index in [1.54, 1.807) is 18.2 Å². The van der Waals surface area contributed by atoms with Crippen molar-refractivity contribution in [3.05, 3.63) is 81.5 Å². The standard InChI is InChI=1S/C18H15N5O3/c1-12-5-7-14(8-6-12)16-10-17(21-20-16)18(24)22-19-11-13-3-2-4-15(9-13)23(25)26/h2-11H,1H3,(H,20,21)(H,22,24)/b19-11+. The topological polar surface area (TPSA) is 113 Å². The van der Waals surface area contributed by atoms with Crippen molar-refractivity contribution in [1.29, 1.82) is 0 Å². The van der Waals surface area contributed by atoms with Gasteiger partial charge < -0.3 is 0 Å². The Hall–Kier alpha value is -3.81. The lowest BCUT2D eigenvalue weighted by molar-refractivity contribution is -0.384. The first kappa shape index (κ1) is 17.0. The smallest absolute Gasteiger partial charge is 0.272 e. The first-order valence-corrected chi connectivity index (χ1v) is 7.73. The zero-order chi connectivity index (χ0) is 18.5. The molecule has 1 aromatic heterocycles. The third kappa shape index (κ3) is 3.99. The number of rotatable bonds is 5. The van der Waals surface area contributed by atoms with Crippen LogP contribution in [0.4, 0.5) is 5.69 Å². The Bertz CT molecular complexity index is 977. The van der Waals surface area contributed by atoms with Crippen molar-refractivity contribution in [3.63, 3.8) is 0 Å². The highest BCUT2D eigenvalue weighted by Crippen LogP contribution is 2.18. The number of hydrogen-bond acceptors (Lipinski definition) is 5. The van der Waals surface area contributed by atoms with Gasteiger partial charge in [0.1, 0.15) is 5.69 Å². The van der Waals surface area contributed by atoms with Crippen molar-refractivity contribution in [2.24, 2.45) is 5.10 Å². The monoisotopic (exact) mass is 349 g/mol. The number of benzene rings is 2. The predicted octanol–water partition coefficient (Wildman–Crippen LogP) is 3.06. The molecule has 0 atom stereocenters. The van der Waals surface area contributed by atoms with Gasteiger partial charge in [-0.15, -0.1) is 0 Å². The van der Waals surface area contributed by atoms with E-state index in [-0.39, 0.29) is 11.4 Å². The van der Waals surface area contributed by atoms with Crippen molar-refractivity contribution in [2.45, 2.75) is 6.92 Å². The number of non-ortho nitro benzene ring substituents is 1. The maximum absolute atomic E-state index is 12.1. The Morgan fingerprint density at radius 1 is 1.23 bits per heavy atom. The maximum atomic E-state index is 12.1. The number of nitro groups is 1.